The monoisotopic (exact) mass is 311 g/mol. The van der Waals surface area contributed by atoms with Crippen LogP contribution >= 0.6 is 0 Å². The summed E-state index contributed by atoms with van der Waals surface area (Å²) in [5, 5.41) is 2.96. The molecule has 3 heteroatoms. The Labute approximate surface area is 138 Å². The molecule has 2 aromatic rings. The summed E-state index contributed by atoms with van der Waals surface area (Å²) in [5.74, 6) is 1.000. The molecule has 0 fully saturated rings. The van der Waals surface area contributed by atoms with Gasteiger partial charge in [-0.1, -0.05) is 42.5 Å². The van der Waals surface area contributed by atoms with Crippen LogP contribution < -0.4 is 10.1 Å². The van der Waals surface area contributed by atoms with E-state index in [0.717, 1.165) is 24.2 Å². The molecule has 1 amide bonds. The Morgan fingerprint density at radius 3 is 2.65 bits per heavy atom. The van der Waals surface area contributed by atoms with Crippen LogP contribution in [0, 0.1) is 13.8 Å². The summed E-state index contributed by atoms with van der Waals surface area (Å²) in [4.78, 5) is 11.8. The lowest BCUT2D eigenvalue weighted by atomic mass is 10.1. The summed E-state index contributed by atoms with van der Waals surface area (Å²) in [6, 6.07) is 16.3. The molecule has 2 aromatic carbocycles. The van der Waals surface area contributed by atoms with Crippen molar-refractivity contribution in [2.75, 3.05) is 13.2 Å². The molecule has 0 saturated carbocycles. The first-order valence-corrected chi connectivity index (χ1v) is 8.16. The molecule has 122 valence electrons. The van der Waals surface area contributed by atoms with E-state index < -0.39 is 0 Å². The van der Waals surface area contributed by atoms with Gasteiger partial charge in [-0.3, -0.25) is 4.79 Å². The van der Waals surface area contributed by atoms with Crippen LogP contribution in [-0.4, -0.2) is 19.1 Å². The molecule has 0 aliphatic carbocycles. The second kappa shape index (κ2) is 8.99. The minimum Gasteiger partial charge on any atom is -0.493 e. The number of hydrogen-bond donors (Lipinski definition) is 1. The van der Waals surface area contributed by atoms with Crippen molar-refractivity contribution in [1.29, 1.82) is 0 Å². The van der Waals surface area contributed by atoms with E-state index in [1.165, 1.54) is 11.1 Å². The zero-order valence-electron chi connectivity index (χ0n) is 14.0. The molecule has 0 aromatic heterocycles. The fourth-order valence-corrected chi connectivity index (χ4v) is 2.36. The van der Waals surface area contributed by atoms with Crippen LogP contribution in [0.25, 0.3) is 0 Å². The van der Waals surface area contributed by atoms with E-state index in [2.05, 4.69) is 29.6 Å². The predicted molar refractivity (Wildman–Crippen MR) is 93.8 cm³/mol. The summed E-state index contributed by atoms with van der Waals surface area (Å²) in [6.45, 7) is 5.33. The maximum atomic E-state index is 11.8. The molecule has 0 heterocycles. The van der Waals surface area contributed by atoms with Gasteiger partial charge in [0.25, 0.3) is 0 Å². The van der Waals surface area contributed by atoms with Gasteiger partial charge < -0.3 is 10.1 Å². The van der Waals surface area contributed by atoms with Crippen molar-refractivity contribution in [1.82, 2.24) is 5.32 Å². The third-order valence-corrected chi connectivity index (χ3v) is 3.73. The fourth-order valence-electron chi connectivity index (χ4n) is 2.36. The third kappa shape index (κ3) is 6.15. The topological polar surface area (TPSA) is 38.3 Å². The SMILES string of the molecule is Cc1ccc(C)c(OCCCC(=O)NCCc2ccccc2)c1. The van der Waals surface area contributed by atoms with Crippen LogP contribution in [0.3, 0.4) is 0 Å². The first-order valence-electron chi connectivity index (χ1n) is 8.16. The normalized spacial score (nSPS) is 10.3. The number of rotatable bonds is 8. The number of carbonyl (C=O) groups excluding carboxylic acids is 1. The molecule has 0 atom stereocenters. The third-order valence-electron chi connectivity index (χ3n) is 3.73. The van der Waals surface area contributed by atoms with Gasteiger partial charge in [-0.15, -0.1) is 0 Å². The highest BCUT2D eigenvalue weighted by Gasteiger charge is 2.03. The highest BCUT2D eigenvalue weighted by molar-refractivity contribution is 5.75. The standard InChI is InChI=1S/C20H25NO2/c1-16-10-11-17(2)19(15-16)23-14-6-9-20(22)21-13-12-18-7-4-3-5-8-18/h3-5,7-8,10-11,15H,6,9,12-14H2,1-2H3,(H,21,22). The Balaban J connectivity index is 1.60. The second-order valence-electron chi connectivity index (χ2n) is 5.81. The number of ether oxygens (including phenoxy) is 1. The van der Waals surface area contributed by atoms with Crippen molar-refractivity contribution in [3.05, 3.63) is 65.2 Å². The first-order chi connectivity index (χ1) is 11.1. The van der Waals surface area contributed by atoms with Gasteiger partial charge in [0, 0.05) is 13.0 Å². The number of amides is 1. The van der Waals surface area contributed by atoms with Crippen LogP contribution in [0.15, 0.2) is 48.5 Å². The summed E-state index contributed by atoms with van der Waals surface area (Å²) in [7, 11) is 0. The average Bonchev–Trinajstić information content (AvgIpc) is 2.55. The van der Waals surface area contributed by atoms with Crippen LogP contribution in [-0.2, 0) is 11.2 Å². The Bertz CT molecular complexity index is 623. The van der Waals surface area contributed by atoms with E-state index in [-0.39, 0.29) is 5.91 Å². The van der Waals surface area contributed by atoms with E-state index in [4.69, 9.17) is 4.74 Å². The lowest BCUT2D eigenvalue weighted by molar-refractivity contribution is -0.121. The number of nitrogens with one attached hydrogen (secondary N) is 1. The maximum Gasteiger partial charge on any atom is 0.220 e. The van der Waals surface area contributed by atoms with Crippen molar-refractivity contribution in [2.45, 2.75) is 33.1 Å². The predicted octanol–water partition coefficient (Wildman–Crippen LogP) is 3.82. The molecule has 0 spiro atoms. The highest BCUT2D eigenvalue weighted by atomic mass is 16.5. The van der Waals surface area contributed by atoms with E-state index in [1.54, 1.807) is 0 Å². The van der Waals surface area contributed by atoms with Gasteiger partial charge in [-0.2, -0.15) is 0 Å². The molecule has 0 saturated heterocycles. The molecular weight excluding hydrogens is 286 g/mol. The molecule has 2 rings (SSSR count). The zero-order valence-corrected chi connectivity index (χ0v) is 14.0. The lowest BCUT2D eigenvalue weighted by Crippen LogP contribution is -2.25. The molecule has 0 unspecified atom stereocenters. The van der Waals surface area contributed by atoms with Crippen LogP contribution in [0.5, 0.6) is 5.75 Å². The van der Waals surface area contributed by atoms with Crippen LogP contribution in [0.4, 0.5) is 0 Å². The van der Waals surface area contributed by atoms with Gasteiger partial charge in [0.1, 0.15) is 5.75 Å². The minimum atomic E-state index is 0.0884. The minimum absolute atomic E-state index is 0.0884. The van der Waals surface area contributed by atoms with Gasteiger partial charge in [0.05, 0.1) is 6.61 Å². The Morgan fingerprint density at radius 1 is 1.09 bits per heavy atom. The summed E-state index contributed by atoms with van der Waals surface area (Å²) in [6.07, 6.45) is 2.09. The van der Waals surface area contributed by atoms with Gasteiger partial charge >= 0.3 is 0 Å². The smallest absolute Gasteiger partial charge is 0.220 e. The van der Waals surface area contributed by atoms with Gasteiger partial charge in [0.15, 0.2) is 0 Å². The van der Waals surface area contributed by atoms with E-state index >= 15 is 0 Å². The van der Waals surface area contributed by atoms with Crippen molar-refractivity contribution < 1.29 is 9.53 Å². The van der Waals surface area contributed by atoms with Crippen molar-refractivity contribution in [3.63, 3.8) is 0 Å². The van der Waals surface area contributed by atoms with E-state index in [1.807, 2.05) is 38.1 Å². The summed E-state index contributed by atoms with van der Waals surface area (Å²) < 4.78 is 5.76. The largest absolute Gasteiger partial charge is 0.493 e. The molecule has 1 N–H and O–H groups in total. The molecule has 3 nitrogen and oxygen atoms in total. The Morgan fingerprint density at radius 2 is 1.87 bits per heavy atom. The van der Waals surface area contributed by atoms with Gasteiger partial charge in [0.2, 0.25) is 5.91 Å². The number of aryl methyl sites for hydroxylation is 2. The number of benzene rings is 2. The van der Waals surface area contributed by atoms with Crippen molar-refractivity contribution >= 4 is 5.91 Å². The maximum absolute atomic E-state index is 11.8. The number of hydrogen-bond acceptors (Lipinski definition) is 2. The molecule has 0 aliphatic heterocycles. The second-order valence-corrected chi connectivity index (χ2v) is 5.81. The average molecular weight is 311 g/mol. The van der Waals surface area contributed by atoms with E-state index in [9.17, 15) is 4.79 Å². The highest BCUT2D eigenvalue weighted by Crippen LogP contribution is 2.19. The molecule has 23 heavy (non-hydrogen) atoms. The molecule has 0 aliphatic rings. The van der Waals surface area contributed by atoms with Gasteiger partial charge in [-0.05, 0) is 49.4 Å². The van der Waals surface area contributed by atoms with Crippen molar-refractivity contribution in [2.24, 2.45) is 0 Å². The first kappa shape index (κ1) is 17.1. The zero-order chi connectivity index (χ0) is 16.5. The lowest BCUT2D eigenvalue weighted by Gasteiger charge is -2.10. The Kier molecular flexibility index (Phi) is 6.67. The Hall–Kier alpha value is -2.29. The van der Waals surface area contributed by atoms with Crippen molar-refractivity contribution in [3.8, 4) is 5.75 Å². The molecule has 0 radical (unpaired) electrons. The van der Waals surface area contributed by atoms with Crippen LogP contribution in [0.1, 0.15) is 29.5 Å². The van der Waals surface area contributed by atoms with Crippen LogP contribution in [0.2, 0.25) is 0 Å². The summed E-state index contributed by atoms with van der Waals surface area (Å²) >= 11 is 0. The fraction of sp³-hybridized carbons (Fsp3) is 0.350. The molecular formula is C20H25NO2. The molecule has 0 bridgehead atoms. The number of carbonyl (C=O) groups is 1. The van der Waals surface area contributed by atoms with Gasteiger partial charge in [-0.25, -0.2) is 0 Å². The summed E-state index contributed by atoms with van der Waals surface area (Å²) in [5.41, 5.74) is 3.55. The quantitative estimate of drug-likeness (QED) is 0.753. The van der Waals surface area contributed by atoms with E-state index in [0.29, 0.717) is 19.6 Å².